The number of hydrogen-bond donors (Lipinski definition) is 1. The topological polar surface area (TPSA) is 43.1 Å². The second kappa shape index (κ2) is 6.52. The van der Waals surface area contributed by atoms with Gasteiger partial charge < -0.3 is 5.73 Å². The third-order valence-corrected chi connectivity index (χ3v) is 3.41. The standard InChI is InChI=1S/C16H14INO/c17-14-6-1-13(2-7-14)11-16(19)10-5-12-3-8-15(18)9-4-12/h1-10H,11,18H2/b10-5+. The molecule has 2 rings (SSSR count). The van der Waals surface area contributed by atoms with Crippen molar-refractivity contribution in [3.05, 3.63) is 69.3 Å². The van der Waals surface area contributed by atoms with Gasteiger partial charge in [0.05, 0.1) is 0 Å². The first kappa shape index (κ1) is 13.8. The zero-order valence-electron chi connectivity index (χ0n) is 10.3. The molecule has 3 heteroatoms. The van der Waals surface area contributed by atoms with Crippen LogP contribution in [-0.4, -0.2) is 5.78 Å². The van der Waals surface area contributed by atoms with Crippen molar-refractivity contribution in [1.29, 1.82) is 0 Å². The molecule has 2 aromatic rings. The lowest BCUT2D eigenvalue weighted by atomic mass is 10.1. The van der Waals surface area contributed by atoms with Crippen LogP contribution in [0, 0.1) is 3.57 Å². The van der Waals surface area contributed by atoms with Gasteiger partial charge in [-0.3, -0.25) is 4.79 Å². The van der Waals surface area contributed by atoms with Crippen LogP contribution < -0.4 is 5.73 Å². The first-order chi connectivity index (χ1) is 9.13. The maximum absolute atomic E-state index is 11.8. The Labute approximate surface area is 126 Å². The summed E-state index contributed by atoms with van der Waals surface area (Å²) in [5.74, 6) is 0.0954. The first-order valence-corrected chi connectivity index (χ1v) is 7.02. The van der Waals surface area contributed by atoms with Crippen LogP contribution in [0.3, 0.4) is 0 Å². The van der Waals surface area contributed by atoms with E-state index in [1.165, 1.54) is 3.57 Å². The number of halogens is 1. The van der Waals surface area contributed by atoms with Crippen LogP contribution in [0.15, 0.2) is 54.6 Å². The number of ketones is 1. The van der Waals surface area contributed by atoms with E-state index in [9.17, 15) is 4.79 Å². The summed E-state index contributed by atoms with van der Waals surface area (Å²) in [6, 6.07) is 15.4. The SMILES string of the molecule is Nc1ccc(/C=C/C(=O)Cc2ccc(I)cc2)cc1. The minimum atomic E-state index is 0.0954. The minimum Gasteiger partial charge on any atom is -0.399 e. The zero-order valence-corrected chi connectivity index (χ0v) is 12.5. The van der Waals surface area contributed by atoms with Crippen molar-refractivity contribution in [3.8, 4) is 0 Å². The Hall–Kier alpha value is -1.62. The highest BCUT2D eigenvalue weighted by Crippen LogP contribution is 2.09. The Bertz CT molecular complexity index is 585. The number of nitrogen functional groups attached to an aromatic ring is 1. The number of rotatable bonds is 4. The van der Waals surface area contributed by atoms with Crippen LogP contribution in [0.2, 0.25) is 0 Å². The molecule has 0 saturated carbocycles. The molecule has 0 saturated heterocycles. The Kier molecular flexibility index (Phi) is 4.74. The third-order valence-electron chi connectivity index (χ3n) is 2.69. The summed E-state index contributed by atoms with van der Waals surface area (Å²) in [5.41, 5.74) is 8.34. The molecule has 2 nitrogen and oxygen atoms in total. The summed E-state index contributed by atoms with van der Waals surface area (Å²) in [4.78, 5) is 11.8. The van der Waals surface area contributed by atoms with Gasteiger partial charge in [-0.1, -0.05) is 30.3 Å². The maximum atomic E-state index is 11.8. The summed E-state index contributed by atoms with van der Waals surface area (Å²) >= 11 is 2.25. The average molecular weight is 363 g/mol. The molecule has 0 spiro atoms. The van der Waals surface area contributed by atoms with Gasteiger partial charge in [-0.05, 0) is 64.1 Å². The lowest BCUT2D eigenvalue weighted by Gasteiger charge is -1.98. The van der Waals surface area contributed by atoms with Gasteiger partial charge in [0.15, 0.2) is 5.78 Å². The summed E-state index contributed by atoms with van der Waals surface area (Å²) in [6.45, 7) is 0. The molecule has 0 bridgehead atoms. The molecule has 0 unspecified atom stereocenters. The molecule has 0 amide bonds. The van der Waals surface area contributed by atoms with E-state index in [2.05, 4.69) is 22.6 Å². The summed E-state index contributed by atoms with van der Waals surface area (Å²) in [5, 5.41) is 0. The molecule has 0 aromatic heterocycles. The van der Waals surface area contributed by atoms with E-state index in [0.29, 0.717) is 6.42 Å². The second-order valence-corrected chi connectivity index (χ2v) is 5.52. The van der Waals surface area contributed by atoms with Crippen molar-refractivity contribution < 1.29 is 4.79 Å². The predicted octanol–water partition coefficient (Wildman–Crippen LogP) is 3.70. The minimum absolute atomic E-state index is 0.0954. The molecule has 0 aliphatic heterocycles. The third kappa shape index (κ3) is 4.52. The Morgan fingerprint density at radius 3 is 2.32 bits per heavy atom. The van der Waals surface area contributed by atoms with Crippen molar-refractivity contribution in [2.24, 2.45) is 0 Å². The Morgan fingerprint density at radius 2 is 1.68 bits per heavy atom. The highest BCUT2D eigenvalue weighted by Gasteiger charge is 1.99. The molecule has 2 aromatic carbocycles. The van der Waals surface area contributed by atoms with Crippen molar-refractivity contribution >= 4 is 40.1 Å². The van der Waals surface area contributed by atoms with Gasteiger partial charge in [0, 0.05) is 15.7 Å². The van der Waals surface area contributed by atoms with Crippen LogP contribution in [0.5, 0.6) is 0 Å². The summed E-state index contributed by atoms with van der Waals surface area (Å²) in [6.07, 6.45) is 3.86. The van der Waals surface area contributed by atoms with Crippen molar-refractivity contribution in [2.45, 2.75) is 6.42 Å². The second-order valence-electron chi connectivity index (χ2n) is 4.27. The predicted molar refractivity (Wildman–Crippen MR) is 87.8 cm³/mol. The lowest BCUT2D eigenvalue weighted by molar-refractivity contribution is -0.113. The largest absolute Gasteiger partial charge is 0.399 e. The van der Waals surface area contributed by atoms with E-state index in [0.717, 1.165) is 16.8 Å². The molecular weight excluding hydrogens is 349 g/mol. The number of nitrogens with two attached hydrogens (primary N) is 1. The fourth-order valence-electron chi connectivity index (χ4n) is 1.66. The van der Waals surface area contributed by atoms with Crippen molar-refractivity contribution in [2.75, 3.05) is 5.73 Å². The molecule has 0 fully saturated rings. The van der Waals surface area contributed by atoms with Crippen LogP contribution in [0.4, 0.5) is 5.69 Å². The van der Waals surface area contributed by atoms with Gasteiger partial charge in [0.2, 0.25) is 0 Å². The van der Waals surface area contributed by atoms with E-state index < -0.39 is 0 Å². The monoisotopic (exact) mass is 363 g/mol. The van der Waals surface area contributed by atoms with Crippen molar-refractivity contribution in [1.82, 2.24) is 0 Å². The lowest BCUT2D eigenvalue weighted by Crippen LogP contribution is -1.98. The van der Waals surface area contributed by atoms with E-state index in [-0.39, 0.29) is 5.78 Å². The van der Waals surface area contributed by atoms with Crippen molar-refractivity contribution in [3.63, 3.8) is 0 Å². The molecule has 2 N–H and O–H groups in total. The molecule has 19 heavy (non-hydrogen) atoms. The molecule has 0 aliphatic carbocycles. The summed E-state index contributed by atoms with van der Waals surface area (Å²) in [7, 11) is 0. The van der Waals surface area contributed by atoms with Gasteiger partial charge in [0.1, 0.15) is 0 Å². The first-order valence-electron chi connectivity index (χ1n) is 5.94. The van der Waals surface area contributed by atoms with Gasteiger partial charge in [-0.25, -0.2) is 0 Å². The molecule has 0 aliphatic rings. The fraction of sp³-hybridized carbons (Fsp3) is 0.0625. The number of allylic oxidation sites excluding steroid dienone is 1. The average Bonchev–Trinajstić information content (AvgIpc) is 2.41. The molecule has 0 atom stereocenters. The summed E-state index contributed by atoms with van der Waals surface area (Å²) < 4.78 is 1.17. The van der Waals surface area contributed by atoms with Gasteiger partial charge in [0.25, 0.3) is 0 Å². The highest BCUT2D eigenvalue weighted by molar-refractivity contribution is 14.1. The zero-order chi connectivity index (χ0) is 13.7. The van der Waals surface area contributed by atoms with Crippen LogP contribution in [0.25, 0.3) is 6.08 Å². The fourth-order valence-corrected chi connectivity index (χ4v) is 2.02. The smallest absolute Gasteiger partial charge is 0.160 e. The molecule has 0 radical (unpaired) electrons. The van der Waals surface area contributed by atoms with E-state index in [1.807, 2.05) is 54.6 Å². The van der Waals surface area contributed by atoms with Crippen LogP contribution >= 0.6 is 22.6 Å². The maximum Gasteiger partial charge on any atom is 0.160 e. The van der Waals surface area contributed by atoms with Gasteiger partial charge in [-0.15, -0.1) is 0 Å². The van der Waals surface area contributed by atoms with E-state index in [4.69, 9.17) is 5.73 Å². The molecular formula is C16H14INO. The number of carbonyl (C=O) groups is 1. The van der Waals surface area contributed by atoms with E-state index >= 15 is 0 Å². The number of carbonyl (C=O) groups excluding carboxylic acids is 1. The molecule has 0 heterocycles. The van der Waals surface area contributed by atoms with Gasteiger partial charge >= 0.3 is 0 Å². The van der Waals surface area contributed by atoms with E-state index in [1.54, 1.807) is 6.08 Å². The quantitative estimate of drug-likeness (QED) is 0.512. The van der Waals surface area contributed by atoms with Crippen LogP contribution in [0.1, 0.15) is 11.1 Å². The number of anilines is 1. The Balaban J connectivity index is 1.97. The highest BCUT2D eigenvalue weighted by atomic mass is 127. The molecule has 96 valence electrons. The number of benzene rings is 2. The number of hydrogen-bond acceptors (Lipinski definition) is 2. The normalized spacial score (nSPS) is 10.8. The van der Waals surface area contributed by atoms with Gasteiger partial charge in [-0.2, -0.15) is 0 Å². The van der Waals surface area contributed by atoms with Crippen LogP contribution in [-0.2, 0) is 11.2 Å². The Morgan fingerprint density at radius 1 is 1.05 bits per heavy atom.